The molecule has 0 unspecified atom stereocenters. The average molecular weight is 490 g/mol. The number of aryl methyl sites for hydroxylation is 1. The molecule has 5 nitrogen and oxygen atoms in total. The van der Waals surface area contributed by atoms with Crippen LogP contribution in [0, 0.1) is 0 Å². The van der Waals surface area contributed by atoms with Crippen molar-refractivity contribution in [2.75, 3.05) is 0 Å². The molecule has 32 heavy (non-hydrogen) atoms. The van der Waals surface area contributed by atoms with Crippen molar-refractivity contribution in [3.8, 4) is 5.75 Å². The van der Waals surface area contributed by atoms with E-state index < -0.39 is 0 Å². The maximum atomic E-state index is 13.2. The molecule has 6 heteroatoms. The van der Waals surface area contributed by atoms with Crippen molar-refractivity contribution >= 4 is 33.0 Å². The summed E-state index contributed by atoms with van der Waals surface area (Å²) in [6.07, 6.45) is 4.29. The summed E-state index contributed by atoms with van der Waals surface area (Å²) in [5, 5.41) is 5.08. The third-order valence-corrected chi connectivity index (χ3v) is 5.59. The Balaban J connectivity index is 1.69. The standard InChI is InChI=1S/C26H24BrN3O2/c1-2-3-13-25-29-23-15-14-21(27)16-22(23)26(31)30(25)28-17-20-11-7-8-12-24(20)32-18-19-9-5-4-6-10-19/h4-12,14-17H,2-3,13,18H2,1H3. The van der Waals surface area contributed by atoms with E-state index in [1.54, 1.807) is 12.3 Å². The summed E-state index contributed by atoms with van der Waals surface area (Å²) < 4.78 is 8.27. The van der Waals surface area contributed by atoms with Gasteiger partial charge < -0.3 is 4.74 Å². The SMILES string of the molecule is CCCCc1nc2ccc(Br)cc2c(=O)n1N=Cc1ccccc1OCc1ccccc1. The number of unbranched alkanes of at least 4 members (excludes halogenated alkanes) is 1. The molecular formula is C26H24BrN3O2. The number of para-hydroxylation sites is 1. The molecule has 1 heterocycles. The normalized spacial score (nSPS) is 11.3. The zero-order valence-electron chi connectivity index (χ0n) is 17.9. The van der Waals surface area contributed by atoms with Gasteiger partial charge in [0, 0.05) is 16.5 Å². The topological polar surface area (TPSA) is 56.5 Å². The first-order chi connectivity index (χ1) is 15.7. The molecule has 162 valence electrons. The van der Waals surface area contributed by atoms with Crippen molar-refractivity contribution < 1.29 is 4.74 Å². The highest BCUT2D eigenvalue weighted by atomic mass is 79.9. The minimum absolute atomic E-state index is 0.179. The summed E-state index contributed by atoms with van der Waals surface area (Å²) in [6, 6.07) is 23.2. The van der Waals surface area contributed by atoms with Crippen molar-refractivity contribution in [3.05, 3.63) is 105 Å². The summed E-state index contributed by atoms with van der Waals surface area (Å²) in [4.78, 5) is 18.0. The molecule has 4 aromatic rings. The van der Waals surface area contributed by atoms with Gasteiger partial charge in [-0.15, -0.1) is 0 Å². The zero-order chi connectivity index (χ0) is 22.3. The Kier molecular flexibility index (Phi) is 7.12. The van der Waals surface area contributed by atoms with Gasteiger partial charge in [0.2, 0.25) is 0 Å². The smallest absolute Gasteiger partial charge is 0.282 e. The van der Waals surface area contributed by atoms with Gasteiger partial charge in [0.15, 0.2) is 0 Å². The van der Waals surface area contributed by atoms with Gasteiger partial charge in [-0.1, -0.05) is 71.7 Å². The summed E-state index contributed by atoms with van der Waals surface area (Å²) in [5.41, 5.74) is 2.39. The number of fused-ring (bicyclic) bond motifs is 1. The average Bonchev–Trinajstić information content (AvgIpc) is 2.82. The lowest BCUT2D eigenvalue weighted by Crippen LogP contribution is -2.22. The van der Waals surface area contributed by atoms with Crippen LogP contribution in [0.1, 0.15) is 36.7 Å². The van der Waals surface area contributed by atoms with Crippen molar-refractivity contribution in [2.45, 2.75) is 32.8 Å². The Bertz CT molecular complexity index is 1300. The molecule has 0 aliphatic rings. The Morgan fingerprint density at radius 3 is 2.66 bits per heavy atom. The van der Waals surface area contributed by atoms with Crippen LogP contribution in [0.25, 0.3) is 10.9 Å². The lowest BCUT2D eigenvalue weighted by atomic mass is 10.2. The van der Waals surface area contributed by atoms with Crippen LogP contribution >= 0.6 is 15.9 Å². The fourth-order valence-electron chi connectivity index (χ4n) is 3.38. The van der Waals surface area contributed by atoms with E-state index in [-0.39, 0.29) is 5.56 Å². The monoisotopic (exact) mass is 489 g/mol. The van der Waals surface area contributed by atoms with Gasteiger partial charge in [0.05, 0.1) is 17.1 Å². The van der Waals surface area contributed by atoms with Crippen molar-refractivity contribution in [1.82, 2.24) is 9.66 Å². The summed E-state index contributed by atoms with van der Waals surface area (Å²) in [7, 11) is 0. The number of aromatic nitrogens is 2. The van der Waals surface area contributed by atoms with E-state index in [2.05, 4.69) is 28.0 Å². The van der Waals surface area contributed by atoms with Crippen LogP contribution in [-0.2, 0) is 13.0 Å². The summed E-state index contributed by atoms with van der Waals surface area (Å²) in [5.74, 6) is 1.37. The molecule has 3 aromatic carbocycles. The van der Waals surface area contributed by atoms with E-state index in [1.165, 1.54) is 4.68 Å². The Labute approximate surface area is 195 Å². The molecule has 0 aliphatic carbocycles. The molecule has 1 aromatic heterocycles. The molecule has 0 bridgehead atoms. The first-order valence-electron chi connectivity index (χ1n) is 10.7. The molecule has 0 saturated carbocycles. The van der Waals surface area contributed by atoms with Crippen LogP contribution in [-0.4, -0.2) is 15.9 Å². The predicted octanol–water partition coefficient (Wildman–Crippen LogP) is 5.96. The Morgan fingerprint density at radius 1 is 1.06 bits per heavy atom. The number of halogens is 1. The summed E-state index contributed by atoms with van der Waals surface area (Å²) >= 11 is 3.44. The van der Waals surface area contributed by atoms with E-state index in [1.807, 2.05) is 66.7 Å². The lowest BCUT2D eigenvalue weighted by molar-refractivity contribution is 0.306. The van der Waals surface area contributed by atoms with E-state index >= 15 is 0 Å². The minimum atomic E-state index is -0.179. The second-order valence-electron chi connectivity index (χ2n) is 7.47. The lowest BCUT2D eigenvalue weighted by Gasteiger charge is -2.11. The number of rotatable bonds is 8. The molecule has 0 spiro atoms. The molecule has 0 atom stereocenters. The van der Waals surface area contributed by atoms with Crippen LogP contribution in [0.5, 0.6) is 5.75 Å². The molecule has 0 radical (unpaired) electrons. The minimum Gasteiger partial charge on any atom is -0.488 e. The van der Waals surface area contributed by atoms with Gasteiger partial charge >= 0.3 is 0 Å². The highest BCUT2D eigenvalue weighted by molar-refractivity contribution is 9.10. The number of ether oxygens (including phenoxy) is 1. The molecular weight excluding hydrogens is 466 g/mol. The quantitative estimate of drug-likeness (QED) is 0.286. The van der Waals surface area contributed by atoms with Gasteiger partial charge in [-0.2, -0.15) is 9.78 Å². The van der Waals surface area contributed by atoms with E-state index in [0.717, 1.165) is 28.4 Å². The van der Waals surface area contributed by atoms with Crippen molar-refractivity contribution in [3.63, 3.8) is 0 Å². The van der Waals surface area contributed by atoms with Crippen LogP contribution in [0.3, 0.4) is 0 Å². The molecule has 0 N–H and O–H groups in total. The van der Waals surface area contributed by atoms with Gasteiger partial charge in [-0.3, -0.25) is 4.79 Å². The van der Waals surface area contributed by atoms with Gasteiger partial charge in [0.1, 0.15) is 18.2 Å². The third kappa shape index (κ3) is 5.14. The molecule has 0 amide bonds. The highest BCUT2D eigenvalue weighted by Gasteiger charge is 2.11. The van der Waals surface area contributed by atoms with Gasteiger partial charge in [-0.25, -0.2) is 4.98 Å². The first kappa shape index (κ1) is 22.0. The molecule has 4 rings (SSSR count). The van der Waals surface area contributed by atoms with Gasteiger partial charge in [-0.05, 0) is 42.3 Å². The maximum absolute atomic E-state index is 13.2. The van der Waals surface area contributed by atoms with Crippen LogP contribution < -0.4 is 10.3 Å². The van der Waals surface area contributed by atoms with Crippen LogP contribution in [0.15, 0.2) is 87.2 Å². The Morgan fingerprint density at radius 2 is 1.84 bits per heavy atom. The first-order valence-corrected chi connectivity index (χ1v) is 11.5. The number of hydrogen-bond donors (Lipinski definition) is 0. The van der Waals surface area contributed by atoms with Gasteiger partial charge in [0.25, 0.3) is 5.56 Å². The molecule has 0 fully saturated rings. The fraction of sp³-hybridized carbons (Fsp3) is 0.192. The van der Waals surface area contributed by atoms with E-state index in [9.17, 15) is 4.79 Å². The number of benzene rings is 3. The highest BCUT2D eigenvalue weighted by Crippen LogP contribution is 2.19. The van der Waals surface area contributed by atoms with Crippen LogP contribution in [0.4, 0.5) is 0 Å². The zero-order valence-corrected chi connectivity index (χ0v) is 19.5. The fourth-order valence-corrected chi connectivity index (χ4v) is 3.75. The largest absolute Gasteiger partial charge is 0.488 e. The Hall–Kier alpha value is -3.25. The second-order valence-corrected chi connectivity index (χ2v) is 8.38. The summed E-state index contributed by atoms with van der Waals surface area (Å²) in [6.45, 7) is 2.57. The number of nitrogens with zero attached hydrogens (tertiary/aromatic N) is 3. The predicted molar refractivity (Wildman–Crippen MR) is 133 cm³/mol. The van der Waals surface area contributed by atoms with E-state index in [0.29, 0.717) is 35.5 Å². The van der Waals surface area contributed by atoms with Crippen LogP contribution in [0.2, 0.25) is 0 Å². The van der Waals surface area contributed by atoms with Crippen molar-refractivity contribution in [1.29, 1.82) is 0 Å². The van der Waals surface area contributed by atoms with E-state index in [4.69, 9.17) is 9.72 Å². The maximum Gasteiger partial charge on any atom is 0.282 e. The second kappa shape index (κ2) is 10.4. The molecule has 0 saturated heterocycles. The third-order valence-electron chi connectivity index (χ3n) is 5.10. The number of hydrogen-bond acceptors (Lipinski definition) is 4. The molecule has 0 aliphatic heterocycles. The van der Waals surface area contributed by atoms with Crippen molar-refractivity contribution in [2.24, 2.45) is 5.10 Å².